The van der Waals surface area contributed by atoms with E-state index in [1.54, 1.807) is 12.1 Å². The second-order valence-corrected chi connectivity index (χ2v) is 8.56. The zero-order valence-electron chi connectivity index (χ0n) is 18.6. The first-order chi connectivity index (χ1) is 16.0. The predicted molar refractivity (Wildman–Crippen MR) is 114 cm³/mol. The van der Waals surface area contributed by atoms with Crippen molar-refractivity contribution in [3.05, 3.63) is 59.7 Å². The molecule has 1 saturated carbocycles. The topological polar surface area (TPSA) is 35.5 Å². The van der Waals surface area contributed by atoms with Crippen molar-refractivity contribution in [2.24, 2.45) is 5.92 Å². The number of hydrogen-bond acceptors (Lipinski definition) is 3. The predicted octanol–water partition coefficient (Wildman–Crippen LogP) is 7.85. The molecule has 1 aliphatic rings. The molecule has 0 amide bonds. The molecule has 1 atom stereocenters. The van der Waals surface area contributed by atoms with Crippen LogP contribution in [0.1, 0.15) is 67.3 Å². The maximum atomic E-state index is 13.4. The third-order valence-corrected chi connectivity index (χ3v) is 6.03. The van der Waals surface area contributed by atoms with Gasteiger partial charge in [0.1, 0.15) is 11.5 Å². The molecular formula is C25H26F6O3. The first kappa shape index (κ1) is 25.9. The second kappa shape index (κ2) is 10.7. The van der Waals surface area contributed by atoms with Crippen LogP contribution in [0.15, 0.2) is 48.5 Å². The summed E-state index contributed by atoms with van der Waals surface area (Å²) in [5, 5.41) is 0. The van der Waals surface area contributed by atoms with Gasteiger partial charge in [0.25, 0.3) is 6.17 Å². The molecule has 3 nitrogen and oxygen atoms in total. The van der Waals surface area contributed by atoms with E-state index in [-0.39, 0.29) is 5.56 Å². The van der Waals surface area contributed by atoms with Gasteiger partial charge in [-0.15, -0.1) is 0 Å². The first-order valence-electron chi connectivity index (χ1n) is 11.2. The van der Waals surface area contributed by atoms with Gasteiger partial charge in [-0.2, -0.15) is 22.0 Å². The fraction of sp³-hybridized carbons (Fsp3) is 0.480. The van der Waals surface area contributed by atoms with Crippen LogP contribution in [0.4, 0.5) is 26.3 Å². The Morgan fingerprint density at radius 3 is 2.00 bits per heavy atom. The number of halogens is 6. The molecule has 186 valence electrons. The van der Waals surface area contributed by atoms with Gasteiger partial charge in [-0.1, -0.05) is 31.9 Å². The highest BCUT2D eigenvalue weighted by molar-refractivity contribution is 5.91. The fourth-order valence-electron chi connectivity index (χ4n) is 4.23. The van der Waals surface area contributed by atoms with Crippen molar-refractivity contribution in [2.75, 3.05) is 0 Å². The summed E-state index contributed by atoms with van der Waals surface area (Å²) < 4.78 is 85.4. The average molecular weight is 488 g/mol. The van der Waals surface area contributed by atoms with E-state index in [2.05, 4.69) is 11.7 Å². The van der Waals surface area contributed by atoms with Crippen LogP contribution in [0, 0.1) is 5.92 Å². The van der Waals surface area contributed by atoms with Gasteiger partial charge >= 0.3 is 18.3 Å². The highest BCUT2D eigenvalue weighted by Gasteiger charge is 2.59. The van der Waals surface area contributed by atoms with Gasteiger partial charge in [-0.05, 0) is 79.5 Å². The zero-order chi connectivity index (χ0) is 24.9. The van der Waals surface area contributed by atoms with Crippen LogP contribution < -0.4 is 9.47 Å². The van der Waals surface area contributed by atoms with Gasteiger partial charge in [0, 0.05) is 0 Å². The van der Waals surface area contributed by atoms with Gasteiger partial charge in [-0.25, -0.2) is 9.18 Å². The van der Waals surface area contributed by atoms with E-state index in [0.717, 1.165) is 43.0 Å². The molecule has 9 heteroatoms. The fourth-order valence-corrected chi connectivity index (χ4v) is 4.23. The smallest absolute Gasteiger partial charge is 0.430 e. The van der Waals surface area contributed by atoms with Crippen molar-refractivity contribution in [3.8, 4) is 11.5 Å². The molecular weight excluding hydrogens is 462 g/mol. The number of carbonyl (C=O) groups is 1. The Kier molecular flexibility index (Phi) is 8.15. The molecule has 0 bridgehead atoms. The Bertz CT molecular complexity index is 933. The highest BCUT2D eigenvalue weighted by Crippen LogP contribution is 2.38. The average Bonchev–Trinajstić information content (AvgIpc) is 2.79. The second-order valence-electron chi connectivity index (χ2n) is 8.56. The summed E-state index contributed by atoms with van der Waals surface area (Å²) in [5.41, 5.74) is 1.14. The largest absolute Gasteiger partial charge is 0.439 e. The minimum atomic E-state index is -5.78. The Labute approximate surface area is 194 Å². The number of ether oxygens (including phenoxy) is 2. The SMILES string of the molecule is CCCC1CCC(c2ccc(OC(=O)c3ccc(OC(F)(F)C(F)C(F)(F)F)cc3)cc2)CC1. The Morgan fingerprint density at radius 2 is 1.47 bits per heavy atom. The van der Waals surface area contributed by atoms with E-state index in [9.17, 15) is 31.1 Å². The first-order valence-corrected chi connectivity index (χ1v) is 11.2. The lowest BCUT2D eigenvalue weighted by atomic mass is 9.77. The molecule has 3 rings (SSSR count). The van der Waals surface area contributed by atoms with Crippen molar-refractivity contribution in [2.45, 2.75) is 69.8 Å². The van der Waals surface area contributed by atoms with Crippen LogP contribution >= 0.6 is 0 Å². The van der Waals surface area contributed by atoms with Crippen LogP contribution in [0.2, 0.25) is 0 Å². The molecule has 1 aliphatic carbocycles. The molecule has 0 N–H and O–H groups in total. The molecule has 0 radical (unpaired) electrons. The maximum absolute atomic E-state index is 13.4. The summed E-state index contributed by atoms with van der Waals surface area (Å²) in [6, 6.07) is 11.0. The summed E-state index contributed by atoms with van der Waals surface area (Å²) in [4.78, 5) is 12.3. The molecule has 2 aromatic rings. The summed E-state index contributed by atoms with van der Waals surface area (Å²) >= 11 is 0. The molecule has 1 fully saturated rings. The van der Waals surface area contributed by atoms with Crippen molar-refractivity contribution in [3.63, 3.8) is 0 Å². The molecule has 0 spiro atoms. The van der Waals surface area contributed by atoms with Gasteiger partial charge in [-0.3, -0.25) is 0 Å². The van der Waals surface area contributed by atoms with Crippen LogP contribution in [-0.2, 0) is 0 Å². The van der Waals surface area contributed by atoms with Gasteiger partial charge in [0.15, 0.2) is 0 Å². The molecule has 1 unspecified atom stereocenters. The van der Waals surface area contributed by atoms with Crippen LogP contribution in [0.3, 0.4) is 0 Å². The van der Waals surface area contributed by atoms with E-state index in [0.29, 0.717) is 11.7 Å². The normalized spacial score (nSPS) is 20.0. The third kappa shape index (κ3) is 6.67. The number of alkyl halides is 6. The lowest BCUT2D eigenvalue weighted by Crippen LogP contribution is -2.45. The lowest BCUT2D eigenvalue weighted by molar-refractivity contribution is -0.304. The maximum Gasteiger partial charge on any atom is 0.439 e. The molecule has 2 aromatic carbocycles. The van der Waals surface area contributed by atoms with Crippen LogP contribution in [0.25, 0.3) is 0 Å². The molecule has 34 heavy (non-hydrogen) atoms. The van der Waals surface area contributed by atoms with E-state index in [4.69, 9.17) is 4.74 Å². The summed E-state index contributed by atoms with van der Waals surface area (Å²) in [6.07, 6.45) is -8.23. The molecule has 0 aromatic heterocycles. The Balaban J connectivity index is 1.56. The van der Waals surface area contributed by atoms with E-state index >= 15 is 0 Å². The van der Waals surface area contributed by atoms with Gasteiger partial charge < -0.3 is 9.47 Å². The van der Waals surface area contributed by atoms with Crippen molar-refractivity contribution in [1.82, 2.24) is 0 Å². The quantitative estimate of drug-likeness (QED) is 0.216. The number of rotatable bonds is 8. The Hall–Kier alpha value is -2.71. The van der Waals surface area contributed by atoms with E-state index < -0.39 is 30.2 Å². The van der Waals surface area contributed by atoms with Gasteiger partial charge in [0.05, 0.1) is 5.56 Å². The van der Waals surface area contributed by atoms with Gasteiger partial charge in [0.2, 0.25) is 0 Å². The zero-order valence-corrected chi connectivity index (χ0v) is 18.6. The number of hydrogen-bond donors (Lipinski definition) is 0. The number of benzene rings is 2. The third-order valence-electron chi connectivity index (χ3n) is 6.03. The summed E-state index contributed by atoms with van der Waals surface area (Å²) in [6.45, 7) is 2.20. The van der Waals surface area contributed by atoms with E-state index in [1.807, 2.05) is 12.1 Å². The molecule has 0 saturated heterocycles. The summed E-state index contributed by atoms with van der Waals surface area (Å²) in [7, 11) is 0. The Morgan fingerprint density at radius 1 is 0.912 bits per heavy atom. The summed E-state index contributed by atoms with van der Waals surface area (Å²) in [5.74, 6) is 0.0549. The van der Waals surface area contributed by atoms with Crippen LogP contribution in [0.5, 0.6) is 11.5 Å². The number of carbonyl (C=O) groups excluding carboxylic acids is 1. The van der Waals surface area contributed by atoms with Crippen molar-refractivity contribution in [1.29, 1.82) is 0 Å². The van der Waals surface area contributed by atoms with Crippen molar-refractivity contribution >= 4 is 5.97 Å². The van der Waals surface area contributed by atoms with E-state index in [1.165, 1.54) is 31.2 Å². The monoisotopic (exact) mass is 488 g/mol. The standard InChI is InChI=1S/C25H26F6O3/c1-2-3-16-4-6-17(7-5-16)18-8-12-20(13-9-18)33-22(32)19-10-14-21(15-11-19)34-25(30,31)23(26)24(27,28)29/h8-17,23H,2-7H2,1H3. The van der Waals surface area contributed by atoms with Crippen LogP contribution in [-0.4, -0.2) is 24.4 Å². The molecule has 0 aliphatic heterocycles. The van der Waals surface area contributed by atoms with Crippen molar-refractivity contribution < 1.29 is 40.6 Å². The minimum Gasteiger partial charge on any atom is -0.430 e. The highest BCUT2D eigenvalue weighted by atomic mass is 19.4. The molecule has 0 heterocycles. The lowest BCUT2D eigenvalue weighted by Gasteiger charge is -2.28. The minimum absolute atomic E-state index is 0.0402. The number of esters is 1.